The number of hydrogen-bond donors (Lipinski definition) is 0. The molecule has 4 atom stereocenters. The van der Waals surface area contributed by atoms with Gasteiger partial charge in [0.05, 0.1) is 6.10 Å². The van der Waals surface area contributed by atoms with Gasteiger partial charge in [-0.25, -0.2) is 0 Å². The molecule has 4 rings (SSSR count). The third-order valence-electron chi connectivity index (χ3n) is 6.71. The van der Waals surface area contributed by atoms with Crippen molar-refractivity contribution in [2.75, 3.05) is 6.61 Å². The topological polar surface area (TPSA) is 9.23 Å². The first-order valence-corrected chi connectivity index (χ1v) is 8.93. The highest BCUT2D eigenvalue weighted by molar-refractivity contribution is 4.97. The van der Waals surface area contributed by atoms with Crippen molar-refractivity contribution in [1.82, 2.24) is 0 Å². The Balaban J connectivity index is 1.34. The summed E-state index contributed by atoms with van der Waals surface area (Å²) in [7, 11) is 0. The molecule has 0 bridgehead atoms. The predicted molar refractivity (Wildman–Crippen MR) is 77.9 cm³/mol. The summed E-state index contributed by atoms with van der Waals surface area (Å²) >= 11 is 0. The van der Waals surface area contributed by atoms with Crippen molar-refractivity contribution < 1.29 is 4.74 Å². The van der Waals surface area contributed by atoms with Gasteiger partial charge in [0.15, 0.2) is 0 Å². The van der Waals surface area contributed by atoms with Crippen molar-refractivity contribution in [2.24, 2.45) is 35.5 Å². The average Bonchev–Trinajstić information content (AvgIpc) is 2.96. The standard InChI is InChI=1S/C18H30O/c1-2-19-18-10-16-8-14-6-13(5-12-3-4-12)7-15(14)9-17(16)11-18/h12-18H,2-11H2,1H3. The minimum atomic E-state index is 0.612. The molecule has 1 nitrogen and oxygen atoms in total. The van der Waals surface area contributed by atoms with Gasteiger partial charge in [-0.2, -0.15) is 0 Å². The summed E-state index contributed by atoms with van der Waals surface area (Å²) in [5, 5.41) is 0. The van der Waals surface area contributed by atoms with Crippen LogP contribution in [0.1, 0.15) is 64.7 Å². The second-order valence-corrected chi connectivity index (χ2v) is 8.08. The Hall–Kier alpha value is -0.0400. The minimum Gasteiger partial charge on any atom is -0.378 e. The summed E-state index contributed by atoms with van der Waals surface area (Å²) in [5.74, 6) is 6.52. The molecule has 19 heavy (non-hydrogen) atoms. The van der Waals surface area contributed by atoms with Crippen molar-refractivity contribution in [3.05, 3.63) is 0 Å². The molecule has 0 aromatic heterocycles. The molecule has 0 N–H and O–H groups in total. The van der Waals surface area contributed by atoms with Crippen LogP contribution >= 0.6 is 0 Å². The van der Waals surface area contributed by atoms with Crippen molar-refractivity contribution >= 4 is 0 Å². The Morgan fingerprint density at radius 3 is 1.84 bits per heavy atom. The third-order valence-corrected chi connectivity index (χ3v) is 6.71. The smallest absolute Gasteiger partial charge is 0.0580 e. The Morgan fingerprint density at radius 2 is 1.32 bits per heavy atom. The maximum Gasteiger partial charge on any atom is 0.0580 e. The summed E-state index contributed by atoms with van der Waals surface area (Å²) < 4.78 is 5.90. The van der Waals surface area contributed by atoms with Crippen molar-refractivity contribution in [2.45, 2.75) is 70.8 Å². The molecule has 0 spiro atoms. The Kier molecular flexibility index (Phi) is 3.38. The largest absolute Gasteiger partial charge is 0.378 e. The summed E-state index contributed by atoms with van der Waals surface area (Å²) in [6.45, 7) is 3.07. The van der Waals surface area contributed by atoms with E-state index in [-0.39, 0.29) is 0 Å². The molecular weight excluding hydrogens is 232 g/mol. The van der Waals surface area contributed by atoms with Crippen LogP contribution in [0.5, 0.6) is 0 Å². The summed E-state index contributed by atoms with van der Waals surface area (Å²) in [5.41, 5.74) is 0. The molecule has 4 unspecified atom stereocenters. The summed E-state index contributed by atoms with van der Waals surface area (Å²) in [6, 6.07) is 0. The second-order valence-electron chi connectivity index (χ2n) is 8.08. The van der Waals surface area contributed by atoms with Gasteiger partial charge in [0.2, 0.25) is 0 Å². The molecule has 4 fully saturated rings. The van der Waals surface area contributed by atoms with Crippen LogP contribution in [0.3, 0.4) is 0 Å². The fourth-order valence-corrected chi connectivity index (χ4v) is 5.82. The van der Waals surface area contributed by atoms with E-state index in [1.807, 2.05) is 0 Å². The molecule has 1 heteroatoms. The second kappa shape index (κ2) is 5.06. The highest BCUT2D eigenvalue weighted by atomic mass is 16.5. The van der Waals surface area contributed by atoms with Crippen LogP contribution in [0, 0.1) is 35.5 Å². The van der Waals surface area contributed by atoms with Crippen LogP contribution in [0.15, 0.2) is 0 Å². The van der Waals surface area contributed by atoms with Crippen LogP contribution in [0.4, 0.5) is 0 Å². The quantitative estimate of drug-likeness (QED) is 0.716. The van der Waals surface area contributed by atoms with Gasteiger partial charge >= 0.3 is 0 Å². The lowest BCUT2D eigenvalue weighted by Crippen LogP contribution is -2.25. The molecule has 4 saturated carbocycles. The number of ether oxygens (including phenoxy) is 1. The van der Waals surface area contributed by atoms with Crippen LogP contribution < -0.4 is 0 Å². The average molecular weight is 262 g/mol. The van der Waals surface area contributed by atoms with E-state index in [1.165, 1.54) is 12.8 Å². The molecule has 0 aromatic rings. The SMILES string of the molecule is CCOC1CC2CC3CC(CC4CC4)CC3CC2C1. The van der Waals surface area contributed by atoms with Crippen molar-refractivity contribution in [3.63, 3.8) is 0 Å². The number of fused-ring (bicyclic) bond motifs is 2. The summed E-state index contributed by atoms with van der Waals surface area (Å²) in [6.07, 6.45) is 14.3. The fourth-order valence-electron chi connectivity index (χ4n) is 5.82. The van der Waals surface area contributed by atoms with Gasteiger partial charge in [0.1, 0.15) is 0 Å². The van der Waals surface area contributed by atoms with E-state index >= 15 is 0 Å². The molecule has 0 amide bonds. The summed E-state index contributed by atoms with van der Waals surface area (Å²) in [4.78, 5) is 0. The van der Waals surface area contributed by atoms with Crippen molar-refractivity contribution in [1.29, 1.82) is 0 Å². The molecule has 4 aliphatic rings. The van der Waals surface area contributed by atoms with E-state index < -0.39 is 0 Å². The Bertz CT molecular complexity index is 300. The highest BCUT2D eigenvalue weighted by Gasteiger charge is 2.47. The van der Waals surface area contributed by atoms with Crippen LogP contribution in [-0.4, -0.2) is 12.7 Å². The maximum absolute atomic E-state index is 5.90. The van der Waals surface area contributed by atoms with Gasteiger partial charge < -0.3 is 4.74 Å². The molecule has 0 aliphatic heterocycles. The Morgan fingerprint density at radius 1 is 0.737 bits per heavy atom. The van der Waals surface area contributed by atoms with E-state index in [0.29, 0.717) is 6.10 Å². The number of hydrogen-bond acceptors (Lipinski definition) is 1. The van der Waals surface area contributed by atoms with Gasteiger partial charge in [-0.1, -0.05) is 12.8 Å². The molecule has 108 valence electrons. The first kappa shape index (κ1) is 12.7. The minimum absolute atomic E-state index is 0.612. The zero-order valence-corrected chi connectivity index (χ0v) is 12.5. The van der Waals surface area contributed by atoms with E-state index in [1.54, 1.807) is 44.9 Å². The lowest BCUT2D eigenvalue weighted by Gasteiger charge is -2.34. The molecule has 0 saturated heterocycles. The van der Waals surface area contributed by atoms with Gasteiger partial charge in [0, 0.05) is 6.61 Å². The molecule has 0 heterocycles. The van der Waals surface area contributed by atoms with Crippen LogP contribution in [0.25, 0.3) is 0 Å². The van der Waals surface area contributed by atoms with Gasteiger partial charge in [-0.3, -0.25) is 0 Å². The first-order valence-electron chi connectivity index (χ1n) is 8.93. The van der Waals surface area contributed by atoms with Gasteiger partial charge in [-0.05, 0) is 87.4 Å². The van der Waals surface area contributed by atoms with Crippen LogP contribution in [0.2, 0.25) is 0 Å². The first-order chi connectivity index (χ1) is 9.31. The predicted octanol–water partition coefficient (Wildman–Crippen LogP) is 4.65. The third kappa shape index (κ3) is 2.60. The number of rotatable bonds is 4. The van der Waals surface area contributed by atoms with Crippen LogP contribution in [-0.2, 0) is 4.74 Å². The van der Waals surface area contributed by atoms with Gasteiger partial charge in [-0.15, -0.1) is 0 Å². The zero-order chi connectivity index (χ0) is 12.8. The van der Waals surface area contributed by atoms with E-state index in [0.717, 1.165) is 42.1 Å². The zero-order valence-electron chi connectivity index (χ0n) is 12.5. The van der Waals surface area contributed by atoms with Crippen molar-refractivity contribution in [3.8, 4) is 0 Å². The molecule has 0 radical (unpaired) electrons. The van der Waals surface area contributed by atoms with E-state index in [2.05, 4.69) is 6.92 Å². The monoisotopic (exact) mass is 262 g/mol. The Labute approximate surface area is 118 Å². The molecule has 0 aromatic carbocycles. The molecule has 4 aliphatic carbocycles. The highest BCUT2D eigenvalue weighted by Crippen LogP contribution is 2.55. The maximum atomic E-state index is 5.90. The van der Waals surface area contributed by atoms with E-state index in [9.17, 15) is 0 Å². The lowest BCUT2D eigenvalue weighted by atomic mass is 9.71. The normalized spacial score (nSPS) is 49.1. The van der Waals surface area contributed by atoms with Gasteiger partial charge in [0.25, 0.3) is 0 Å². The van der Waals surface area contributed by atoms with E-state index in [4.69, 9.17) is 4.74 Å². The lowest BCUT2D eigenvalue weighted by molar-refractivity contribution is 0.0636. The molecular formula is C18H30O. The fraction of sp³-hybridized carbons (Fsp3) is 1.00.